The minimum absolute atomic E-state index is 0.0880. The zero-order valence-electron chi connectivity index (χ0n) is 16.5. The van der Waals surface area contributed by atoms with Crippen molar-refractivity contribution >= 4 is 17.5 Å². The zero-order chi connectivity index (χ0) is 19.1. The number of anilines is 1. The van der Waals surface area contributed by atoms with Crippen LogP contribution in [0.4, 0.5) is 5.69 Å². The number of nitrogens with one attached hydrogen (secondary N) is 2. The second-order valence-electron chi connectivity index (χ2n) is 8.12. The van der Waals surface area contributed by atoms with Crippen molar-refractivity contribution in [2.24, 2.45) is 11.8 Å². The van der Waals surface area contributed by atoms with Gasteiger partial charge >= 0.3 is 0 Å². The van der Waals surface area contributed by atoms with Crippen LogP contribution in [0.5, 0.6) is 0 Å². The molecule has 2 unspecified atom stereocenters. The highest BCUT2D eigenvalue weighted by Gasteiger charge is 2.22. The Morgan fingerprint density at radius 3 is 2.59 bits per heavy atom. The summed E-state index contributed by atoms with van der Waals surface area (Å²) in [6.45, 7) is 6.14. The van der Waals surface area contributed by atoms with Gasteiger partial charge in [-0.25, -0.2) is 0 Å². The van der Waals surface area contributed by atoms with Crippen LogP contribution in [0.25, 0.3) is 0 Å². The summed E-state index contributed by atoms with van der Waals surface area (Å²) in [6.07, 6.45) is 6.59. The van der Waals surface area contributed by atoms with Gasteiger partial charge in [0.15, 0.2) is 0 Å². The summed E-state index contributed by atoms with van der Waals surface area (Å²) in [5, 5.41) is 6.44. The van der Waals surface area contributed by atoms with Gasteiger partial charge < -0.3 is 15.5 Å². The molecule has 0 bridgehead atoms. The third-order valence-electron chi connectivity index (χ3n) is 5.97. The van der Waals surface area contributed by atoms with Crippen LogP contribution in [-0.4, -0.2) is 42.9 Å². The molecule has 0 saturated carbocycles. The van der Waals surface area contributed by atoms with Crippen molar-refractivity contribution in [3.63, 3.8) is 0 Å². The van der Waals surface area contributed by atoms with Crippen molar-refractivity contribution in [1.82, 2.24) is 10.2 Å². The second kappa shape index (κ2) is 9.88. The number of hydrogen-bond donors (Lipinski definition) is 2. The largest absolute Gasteiger partial charge is 0.343 e. The average Bonchev–Trinajstić information content (AvgIpc) is 3.23. The molecular weight excluding hydrogens is 338 g/mol. The maximum atomic E-state index is 12.3. The highest BCUT2D eigenvalue weighted by molar-refractivity contribution is 5.90. The minimum atomic E-state index is 0.0880. The topological polar surface area (TPSA) is 61.4 Å². The summed E-state index contributed by atoms with van der Waals surface area (Å²) < 4.78 is 0. The normalized spacial score (nSPS) is 21.1. The van der Waals surface area contributed by atoms with Crippen LogP contribution in [0.1, 0.15) is 51.0 Å². The summed E-state index contributed by atoms with van der Waals surface area (Å²) in [7, 11) is 0. The van der Waals surface area contributed by atoms with Crippen molar-refractivity contribution in [3.05, 3.63) is 29.8 Å². The fraction of sp³-hybridized carbons (Fsp3) is 0.636. The van der Waals surface area contributed by atoms with Gasteiger partial charge in [-0.15, -0.1) is 0 Å². The van der Waals surface area contributed by atoms with E-state index >= 15 is 0 Å². The Labute approximate surface area is 162 Å². The van der Waals surface area contributed by atoms with Crippen molar-refractivity contribution in [2.45, 2.75) is 51.9 Å². The number of piperidine rings is 1. The summed E-state index contributed by atoms with van der Waals surface area (Å²) in [6, 6.07) is 7.92. The molecule has 2 aliphatic rings. The maximum absolute atomic E-state index is 12.3. The Morgan fingerprint density at radius 1 is 1.19 bits per heavy atom. The Bertz CT molecular complexity index is 617. The lowest BCUT2D eigenvalue weighted by Gasteiger charge is -2.28. The number of carbonyl (C=O) groups excluding carboxylic acids is 2. The first-order chi connectivity index (χ1) is 13.1. The third-order valence-corrected chi connectivity index (χ3v) is 5.97. The molecule has 2 fully saturated rings. The molecule has 2 amide bonds. The molecule has 2 N–H and O–H groups in total. The van der Waals surface area contributed by atoms with E-state index in [1.807, 2.05) is 29.2 Å². The van der Waals surface area contributed by atoms with Gasteiger partial charge in [0.05, 0.1) is 0 Å². The van der Waals surface area contributed by atoms with Gasteiger partial charge in [0.25, 0.3) is 0 Å². The molecule has 2 atom stereocenters. The van der Waals surface area contributed by atoms with Crippen LogP contribution in [0.2, 0.25) is 0 Å². The molecule has 148 valence electrons. The van der Waals surface area contributed by atoms with Gasteiger partial charge in [-0.2, -0.15) is 0 Å². The van der Waals surface area contributed by atoms with Gasteiger partial charge in [0.2, 0.25) is 11.8 Å². The van der Waals surface area contributed by atoms with Crippen LogP contribution in [-0.2, 0) is 16.0 Å². The van der Waals surface area contributed by atoms with Crippen LogP contribution >= 0.6 is 0 Å². The molecule has 0 aliphatic carbocycles. The number of amides is 2. The number of benzene rings is 1. The van der Waals surface area contributed by atoms with E-state index in [0.29, 0.717) is 24.7 Å². The van der Waals surface area contributed by atoms with Crippen molar-refractivity contribution < 1.29 is 9.59 Å². The predicted molar refractivity (Wildman–Crippen MR) is 109 cm³/mol. The molecule has 5 nitrogen and oxygen atoms in total. The predicted octanol–water partition coefficient (Wildman–Crippen LogP) is 3.21. The SMILES string of the molecule is CC(CC(=O)Nc1ccc(CCC(=O)N2CCCC2)cc1)C1CCCNC1. The first-order valence-electron chi connectivity index (χ1n) is 10.5. The van der Waals surface area contributed by atoms with Gasteiger partial charge in [0.1, 0.15) is 0 Å². The van der Waals surface area contributed by atoms with E-state index in [0.717, 1.165) is 56.7 Å². The van der Waals surface area contributed by atoms with Gasteiger partial charge in [-0.3, -0.25) is 9.59 Å². The molecule has 0 aromatic heterocycles. The van der Waals surface area contributed by atoms with Crippen molar-refractivity contribution in [2.75, 3.05) is 31.5 Å². The van der Waals surface area contributed by atoms with Crippen LogP contribution in [0.3, 0.4) is 0 Å². The van der Waals surface area contributed by atoms with E-state index in [2.05, 4.69) is 17.6 Å². The number of hydrogen-bond acceptors (Lipinski definition) is 3. The highest BCUT2D eigenvalue weighted by Crippen LogP contribution is 2.23. The number of rotatable bonds is 7. The number of nitrogens with zero attached hydrogens (tertiary/aromatic N) is 1. The van der Waals surface area contributed by atoms with Crippen LogP contribution < -0.4 is 10.6 Å². The molecule has 1 aromatic carbocycles. The molecule has 2 heterocycles. The zero-order valence-corrected chi connectivity index (χ0v) is 16.5. The second-order valence-corrected chi connectivity index (χ2v) is 8.12. The van der Waals surface area contributed by atoms with Crippen LogP contribution in [0, 0.1) is 11.8 Å². The monoisotopic (exact) mass is 371 g/mol. The Balaban J connectivity index is 1.41. The van der Waals surface area contributed by atoms with E-state index in [1.54, 1.807) is 0 Å². The molecule has 0 radical (unpaired) electrons. The lowest BCUT2D eigenvalue weighted by atomic mass is 9.85. The van der Waals surface area contributed by atoms with Crippen LogP contribution in [0.15, 0.2) is 24.3 Å². The standard InChI is InChI=1S/C22H33N3O2/c1-17(19-5-4-12-23-16-19)15-21(26)24-20-9-6-18(7-10-20)8-11-22(27)25-13-2-3-14-25/h6-7,9-10,17,19,23H,2-5,8,11-16H2,1H3,(H,24,26). The molecule has 2 aliphatic heterocycles. The van der Waals surface area contributed by atoms with Gasteiger partial charge in [0, 0.05) is 31.6 Å². The van der Waals surface area contributed by atoms with Gasteiger partial charge in [-0.1, -0.05) is 19.1 Å². The molecule has 0 spiro atoms. The van der Waals surface area contributed by atoms with E-state index in [4.69, 9.17) is 0 Å². The van der Waals surface area contributed by atoms with Crippen molar-refractivity contribution in [3.8, 4) is 0 Å². The first-order valence-corrected chi connectivity index (χ1v) is 10.5. The molecular formula is C22H33N3O2. The quantitative estimate of drug-likeness (QED) is 0.774. The lowest BCUT2D eigenvalue weighted by Crippen LogP contribution is -2.34. The highest BCUT2D eigenvalue weighted by atomic mass is 16.2. The molecule has 2 saturated heterocycles. The fourth-order valence-electron chi connectivity index (χ4n) is 4.17. The maximum Gasteiger partial charge on any atom is 0.224 e. The van der Waals surface area contributed by atoms with E-state index in [1.165, 1.54) is 12.8 Å². The number of carbonyl (C=O) groups is 2. The molecule has 27 heavy (non-hydrogen) atoms. The average molecular weight is 372 g/mol. The minimum Gasteiger partial charge on any atom is -0.343 e. The van der Waals surface area contributed by atoms with Crippen molar-refractivity contribution in [1.29, 1.82) is 0 Å². The smallest absolute Gasteiger partial charge is 0.224 e. The molecule has 1 aromatic rings. The Kier molecular flexibility index (Phi) is 7.27. The number of likely N-dealkylation sites (tertiary alicyclic amines) is 1. The Hall–Kier alpha value is -1.88. The summed E-state index contributed by atoms with van der Waals surface area (Å²) in [5.74, 6) is 1.34. The van der Waals surface area contributed by atoms with E-state index < -0.39 is 0 Å². The van der Waals surface area contributed by atoms with Gasteiger partial charge in [-0.05, 0) is 74.7 Å². The first kappa shape index (κ1) is 19.9. The lowest BCUT2D eigenvalue weighted by molar-refractivity contribution is -0.130. The molecule has 5 heteroatoms. The third kappa shape index (κ3) is 6.06. The summed E-state index contributed by atoms with van der Waals surface area (Å²) >= 11 is 0. The van der Waals surface area contributed by atoms with E-state index in [9.17, 15) is 9.59 Å². The fourth-order valence-corrected chi connectivity index (χ4v) is 4.17. The van der Waals surface area contributed by atoms with E-state index in [-0.39, 0.29) is 11.8 Å². The number of aryl methyl sites for hydroxylation is 1. The summed E-state index contributed by atoms with van der Waals surface area (Å²) in [4.78, 5) is 26.4. The molecule has 3 rings (SSSR count). The summed E-state index contributed by atoms with van der Waals surface area (Å²) in [5.41, 5.74) is 1.98. The Morgan fingerprint density at radius 2 is 1.93 bits per heavy atom.